The standard InChI is InChI=1S/C17H20N4O4/c1-24-12-5-2-4-11(8-12)14-9-13(25-20-14)10-19-17(23)21-7-3-6-15(21)16(18)22/h2,4-5,8-9,15H,3,6-7,10H2,1H3,(H2,18,22)(H,19,23)/t15-/m1/s1. The lowest BCUT2D eigenvalue weighted by atomic mass is 10.1. The van der Waals surface area contributed by atoms with Crippen LogP contribution in [0.15, 0.2) is 34.9 Å². The van der Waals surface area contributed by atoms with E-state index in [1.165, 1.54) is 4.90 Å². The number of nitrogens with two attached hydrogens (primary N) is 1. The van der Waals surface area contributed by atoms with Crippen molar-refractivity contribution in [3.63, 3.8) is 0 Å². The first-order chi connectivity index (χ1) is 12.1. The fourth-order valence-electron chi connectivity index (χ4n) is 2.88. The molecule has 25 heavy (non-hydrogen) atoms. The highest BCUT2D eigenvalue weighted by Crippen LogP contribution is 2.23. The Hall–Kier alpha value is -3.03. The summed E-state index contributed by atoms with van der Waals surface area (Å²) in [5.74, 6) is 0.760. The number of nitrogens with zero attached hydrogens (tertiary/aromatic N) is 2. The highest BCUT2D eigenvalue weighted by molar-refractivity contribution is 5.86. The van der Waals surface area contributed by atoms with Crippen LogP contribution in [-0.4, -0.2) is 41.7 Å². The van der Waals surface area contributed by atoms with E-state index in [9.17, 15) is 9.59 Å². The topological polar surface area (TPSA) is 111 Å². The Bertz CT molecular complexity index is 774. The second-order valence-electron chi connectivity index (χ2n) is 5.82. The number of rotatable bonds is 5. The Kier molecular flexibility index (Phi) is 4.87. The molecule has 0 unspecified atom stereocenters. The average molecular weight is 344 g/mol. The third kappa shape index (κ3) is 3.73. The van der Waals surface area contributed by atoms with Crippen LogP contribution >= 0.6 is 0 Å². The van der Waals surface area contributed by atoms with E-state index < -0.39 is 11.9 Å². The molecule has 2 aromatic rings. The first kappa shape index (κ1) is 16.8. The molecule has 8 heteroatoms. The number of carbonyl (C=O) groups excluding carboxylic acids is 2. The van der Waals surface area contributed by atoms with Crippen molar-refractivity contribution >= 4 is 11.9 Å². The minimum absolute atomic E-state index is 0.178. The zero-order valence-electron chi connectivity index (χ0n) is 13.9. The number of aromatic nitrogens is 1. The van der Waals surface area contributed by atoms with Crippen molar-refractivity contribution in [3.8, 4) is 17.0 Å². The van der Waals surface area contributed by atoms with Crippen molar-refractivity contribution in [2.45, 2.75) is 25.4 Å². The molecular weight excluding hydrogens is 324 g/mol. The van der Waals surface area contributed by atoms with Crippen LogP contribution in [0.25, 0.3) is 11.3 Å². The molecule has 3 rings (SSSR count). The fourth-order valence-corrected chi connectivity index (χ4v) is 2.88. The Labute approximate surface area is 144 Å². The summed E-state index contributed by atoms with van der Waals surface area (Å²) in [4.78, 5) is 25.0. The highest BCUT2D eigenvalue weighted by atomic mass is 16.5. The maximum atomic E-state index is 12.2. The molecule has 1 fully saturated rings. The number of hydrogen-bond donors (Lipinski definition) is 2. The maximum absolute atomic E-state index is 12.2. The number of hydrogen-bond acceptors (Lipinski definition) is 5. The summed E-state index contributed by atoms with van der Waals surface area (Å²) < 4.78 is 10.5. The zero-order chi connectivity index (χ0) is 17.8. The number of ether oxygens (including phenoxy) is 1. The quantitative estimate of drug-likeness (QED) is 0.854. The number of benzene rings is 1. The van der Waals surface area contributed by atoms with Gasteiger partial charge in [-0.2, -0.15) is 0 Å². The van der Waals surface area contributed by atoms with E-state index in [0.29, 0.717) is 24.4 Å². The molecule has 1 aliphatic rings. The molecule has 2 heterocycles. The Morgan fingerprint density at radius 2 is 2.28 bits per heavy atom. The summed E-state index contributed by atoms with van der Waals surface area (Å²) in [6.45, 7) is 0.697. The molecule has 0 bridgehead atoms. The molecule has 1 atom stereocenters. The van der Waals surface area contributed by atoms with E-state index in [4.69, 9.17) is 15.0 Å². The third-order valence-electron chi connectivity index (χ3n) is 4.18. The smallest absolute Gasteiger partial charge is 0.318 e. The molecule has 0 spiro atoms. The number of nitrogens with one attached hydrogen (secondary N) is 1. The summed E-state index contributed by atoms with van der Waals surface area (Å²) in [5, 5.41) is 6.74. The molecule has 1 saturated heterocycles. The lowest BCUT2D eigenvalue weighted by molar-refractivity contribution is -0.121. The van der Waals surface area contributed by atoms with Gasteiger partial charge in [0.1, 0.15) is 17.5 Å². The monoisotopic (exact) mass is 344 g/mol. The van der Waals surface area contributed by atoms with Crippen LogP contribution in [0.5, 0.6) is 5.75 Å². The summed E-state index contributed by atoms with van der Waals surface area (Å²) in [7, 11) is 1.60. The van der Waals surface area contributed by atoms with Gasteiger partial charge in [0.05, 0.1) is 13.7 Å². The summed E-state index contributed by atoms with van der Waals surface area (Å²) >= 11 is 0. The van der Waals surface area contributed by atoms with Crippen molar-refractivity contribution in [1.29, 1.82) is 0 Å². The van der Waals surface area contributed by atoms with Crippen LogP contribution in [0.2, 0.25) is 0 Å². The van der Waals surface area contributed by atoms with E-state index in [0.717, 1.165) is 17.7 Å². The Morgan fingerprint density at radius 3 is 3.04 bits per heavy atom. The number of methoxy groups -OCH3 is 1. The number of urea groups is 1. The largest absolute Gasteiger partial charge is 0.497 e. The average Bonchev–Trinajstić information content (AvgIpc) is 3.29. The number of primary amides is 1. The first-order valence-electron chi connectivity index (χ1n) is 8.02. The van der Waals surface area contributed by atoms with Gasteiger partial charge >= 0.3 is 6.03 Å². The zero-order valence-corrected chi connectivity index (χ0v) is 13.9. The number of amides is 3. The van der Waals surface area contributed by atoms with Crippen LogP contribution in [0.4, 0.5) is 4.79 Å². The summed E-state index contributed by atoms with van der Waals surface area (Å²) in [6, 6.07) is 8.33. The van der Waals surface area contributed by atoms with Crippen LogP contribution in [0.1, 0.15) is 18.6 Å². The van der Waals surface area contributed by atoms with Crippen molar-refractivity contribution in [3.05, 3.63) is 36.1 Å². The van der Waals surface area contributed by atoms with Gasteiger partial charge in [-0.3, -0.25) is 4.79 Å². The van der Waals surface area contributed by atoms with Crippen molar-refractivity contribution in [1.82, 2.24) is 15.4 Å². The number of carbonyl (C=O) groups is 2. The Balaban J connectivity index is 1.62. The molecular formula is C17H20N4O4. The lowest BCUT2D eigenvalue weighted by Gasteiger charge is -2.22. The SMILES string of the molecule is COc1cccc(-c2cc(CNC(=O)N3CCC[C@@H]3C(N)=O)on2)c1. The van der Waals surface area contributed by atoms with E-state index >= 15 is 0 Å². The van der Waals surface area contributed by atoms with Gasteiger partial charge in [0.15, 0.2) is 5.76 Å². The maximum Gasteiger partial charge on any atom is 0.318 e. The molecule has 1 aromatic heterocycles. The second-order valence-corrected chi connectivity index (χ2v) is 5.82. The summed E-state index contributed by atoms with van der Waals surface area (Å²) in [6.07, 6.45) is 1.37. The first-order valence-corrected chi connectivity index (χ1v) is 8.02. The molecule has 1 aliphatic heterocycles. The normalized spacial score (nSPS) is 16.7. The van der Waals surface area contributed by atoms with Crippen molar-refractivity contribution in [2.75, 3.05) is 13.7 Å². The van der Waals surface area contributed by atoms with E-state index in [1.807, 2.05) is 24.3 Å². The third-order valence-corrected chi connectivity index (χ3v) is 4.18. The predicted molar refractivity (Wildman–Crippen MR) is 89.6 cm³/mol. The van der Waals surface area contributed by atoms with Gasteiger partial charge in [0, 0.05) is 18.2 Å². The van der Waals surface area contributed by atoms with Gasteiger partial charge in [-0.25, -0.2) is 4.79 Å². The van der Waals surface area contributed by atoms with Crippen LogP contribution in [-0.2, 0) is 11.3 Å². The fraction of sp³-hybridized carbons (Fsp3) is 0.353. The van der Waals surface area contributed by atoms with E-state index in [2.05, 4.69) is 10.5 Å². The van der Waals surface area contributed by atoms with Crippen LogP contribution in [0, 0.1) is 0 Å². The van der Waals surface area contributed by atoms with Crippen LogP contribution < -0.4 is 15.8 Å². The molecule has 3 amide bonds. The highest BCUT2D eigenvalue weighted by Gasteiger charge is 2.32. The molecule has 0 saturated carbocycles. The van der Waals surface area contributed by atoms with E-state index in [1.54, 1.807) is 13.2 Å². The van der Waals surface area contributed by atoms with Gasteiger partial charge in [0.25, 0.3) is 0 Å². The van der Waals surface area contributed by atoms with Gasteiger partial charge < -0.3 is 25.2 Å². The molecule has 0 radical (unpaired) electrons. The minimum atomic E-state index is -0.540. The molecule has 1 aromatic carbocycles. The van der Waals surface area contributed by atoms with Crippen molar-refractivity contribution in [2.24, 2.45) is 5.73 Å². The molecule has 3 N–H and O–H groups in total. The van der Waals surface area contributed by atoms with Gasteiger partial charge in [-0.05, 0) is 25.0 Å². The Morgan fingerprint density at radius 1 is 1.44 bits per heavy atom. The van der Waals surface area contributed by atoms with Crippen molar-refractivity contribution < 1.29 is 18.8 Å². The minimum Gasteiger partial charge on any atom is -0.497 e. The second kappa shape index (κ2) is 7.25. The van der Waals surface area contributed by atoms with Gasteiger partial charge in [-0.15, -0.1) is 0 Å². The predicted octanol–water partition coefficient (Wildman–Crippen LogP) is 1.51. The van der Waals surface area contributed by atoms with E-state index in [-0.39, 0.29) is 12.6 Å². The van der Waals surface area contributed by atoms with Gasteiger partial charge in [-0.1, -0.05) is 17.3 Å². The molecule has 0 aliphatic carbocycles. The molecule has 132 valence electrons. The van der Waals surface area contributed by atoms with Gasteiger partial charge in [0.2, 0.25) is 5.91 Å². The number of likely N-dealkylation sites (tertiary alicyclic amines) is 1. The lowest BCUT2D eigenvalue weighted by Crippen LogP contribution is -2.47. The molecule has 8 nitrogen and oxygen atoms in total. The van der Waals surface area contributed by atoms with Crippen LogP contribution in [0.3, 0.4) is 0 Å². The summed E-state index contributed by atoms with van der Waals surface area (Å²) in [5.41, 5.74) is 6.83.